The van der Waals surface area contributed by atoms with E-state index < -0.39 is 12.3 Å². The molecule has 2 unspecified atom stereocenters. The second-order valence-electron chi connectivity index (χ2n) is 7.29. The Hall–Kier alpha value is -2.67. The van der Waals surface area contributed by atoms with Crippen LogP contribution in [0.25, 0.3) is 0 Å². The number of fused-ring (bicyclic) bond motifs is 1. The van der Waals surface area contributed by atoms with Gasteiger partial charge in [0.1, 0.15) is 30.1 Å². The van der Waals surface area contributed by atoms with Crippen LogP contribution in [-0.2, 0) is 4.79 Å². The number of nitrogens with zero attached hydrogens (tertiary/aromatic N) is 3. The summed E-state index contributed by atoms with van der Waals surface area (Å²) in [4.78, 5) is 16.6. The quantitative estimate of drug-likeness (QED) is 0.626. The molecule has 2 heterocycles. The fraction of sp³-hybridized carbons (Fsp3) is 0.450. The van der Waals surface area contributed by atoms with Crippen LogP contribution in [-0.4, -0.2) is 28.0 Å². The molecule has 2 atom stereocenters. The van der Waals surface area contributed by atoms with Crippen LogP contribution < -0.4 is 15.8 Å². The van der Waals surface area contributed by atoms with Crippen molar-refractivity contribution >= 4 is 12.1 Å². The Kier molecular flexibility index (Phi) is 4.70. The average molecular weight is 367 g/mol. The highest BCUT2D eigenvalue weighted by Crippen LogP contribution is 2.36. The normalized spacial score (nSPS) is 20.6. The number of benzene rings is 1. The summed E-state index contributed by atoms with van der Waals surface area (Å²) in [6, 6.07) is 7.08. The molecule has 0 amide bonds. The lowest BCUT2D eigenvalue weighted by atomic mass is 10.1. The van der Waals surface area contributed by atoms with Crippen molar-refractivity contribution < 1.29 is 9.53 Å². The molecule has 27 heavy (non-hydrogen) atoms. The van der Waals surface area contributed by atoms with E-state index in [1.54, 1.807) is 6.92 Å². The number of nitrogens with one attached hydrogen (secondary N) is 1. The maximum Gasteiger partial charge on any atom is 0.155 e. The van der Waals surface area contributed by atoms with Crippen LogP contribution in [0.15, 0.2) is 29.4 Å². The Labute approximate surface area is 158 Å². The van der Waals surface area contributed by atoms with Crippen LogP contribution in [0.5, 0.6) is 5.75 Å². The highest BCUT2D eigenvalue weighted by molar-refractivity contribution is 6.01. The van der Waals surface area contributed by atoms with Gasteiger partial charge in [0.2, 0.25) is 0 Å². The lowest BCUT2D eigenvalue weighted by molar-refractivity contribution is -0.109. The zero-order chi connectivity index (χ0) is 19.0. The zero-order valence-corrected chi connectivity index (χ0v) is 15.7. The molecule has 1 fully saturated rings. The second-order valence-corrected chi connectivity index (χ2v) is 7.29. The summed E-state index contributed by atoms with van der Waals surface area (Å²) in [5.74, 6) is 2.67. The number of hydrogen-bond acceptors (Lipinski definition) is 6. The third-order valence-electron chi connectivity index (χ3n) is 5.17. The molecule has 2 aromatic rings. The van der Waals surface area contributed by atoms with Crippen molar-refractivity contribution in [3.05, 3.63) is 47.0 Å². The number of nitrogens with two attached hydrogens (primary N) is 1. The lowest BCUT2D eigenvalue weighted by Crippen LogP contribution is -2.36. The number of amidine groups is 1. The summed E-state index contributed by atoms with van der Waals surface area (Å²) in [6.45, 7) is 3.72. The maximum atomic E-state index is 11.8. The van der Waals surface area contributed by atoms with Crippen molar-refractivity contribution in [2.75, 3.05) is 0 Å². The smallest absolute Gasteiger partial charge is 0.155 e. The molecule has 4 rings (SSSR count). The number of carbonyl (C=O) groups is 1. The van der Waals surface area contributed by atoms with E-state index in [0.29, 0.717) is 17.5 Å². The summed E-state index contributed by atoms with van der Waals surface area (Å²) in [6.07, 6.45) is 5.19. The highest BCUT2D eigenvalue weighted by Gasteiger charge is 2.32. The van der Waals surface area contributed by atoms with Gasteiger partial charge in [0.05, 0.1) is 11.4 Å². The van der Waals surface area contributed by atoms with Gasteiger partial charge in [0.15, 0.2) is 5.84 Å². The van der Waals surface area contributed by atoms with Crippen molar-refractivity contribution in [1.29, 1.82) is 0 Å². The van der Waals surface area contributed by atoms with Gasteiger partial charge >= 0.3 is 0 Å². The van der Waals surface area contributed by atoms with E-state index in [0.717, 1.165) is 41.9 Å². The summed E-state index contributed by atoms with van der Waals surface area (Å²) in [7, 11) is 0. The van der Waals surface area contributed by atoms with E-state index in [9.17, 15) is 4.79 Å². The van der Waals surface area contributed by atoms with Crippen LogP contribution >= 0.6 is 0 Å². The molecule has 1 aliphatic carbocycles. The molecule has 0 spiro atoms. The van der Waals surface area contributed by atoms with Crippen molar-refractivity contribution in [3.63, 3.8) is 0 Å². The van der Waals surface area contributed by atoms with Gasteiger partial charge in [-0.3, -0.25) is 5.73 Å². The van der Waals surface area contributed by atoms with E-state index >= 15 is 0 Å². The number of hydrogen-bond donors (Lipinski definition) is 2. The minimum atomic E-state index is -0.474. The van der Waals surface area contributed by atoms with Gasteiger partial charge in [-0.1, -0.05) is 25.0 Å². The van der Waals surface area contributed by atoms with Crippen molar-refractivity contribution in [2.24, 2.45) is 10.8 Å². The third kappa shape index (κ3) is 3.35. The second kappa shape index (κ2) is 7.15. The predicted octanol–water partition coefficient (Wildman–Crippen LogP) is 2.59. The van der Waals surface area contributed by atoms with Crippen LogP contribution in [0.1, 0.15) is 67.3 Å². The number of aldehydes is 1. The molecule has 0 saturated heterocycles. The fourth-order valence-electron chi connectivity index (χ4n) is 3.98. The largest absolute Gasteiger partial charge is 0.476 e. The molecule has 0 radical (unpaired) electrons. The Morgan fingerprint density at radius 1 is 1.37 bits per heavy atom. The SMILES string of the molecule is Cc1nc(C2CCCC2)n2c1C(C=O)NC(c1cccc(OC(C)N)c1)=N2. The number of ether oxygens (including phenoxy) is 1. The van der Waals surface area contributed by atoms with Gasteiger partial charge in [-0.2, -0.15) is 0 Å². The van der Waals surface area contributed by atoms with E-state index in [-0.39, 0.29) is 0 Å². The van der Waals surface area contributed by atoms with Crippen molar-refractivity contribution in [3.8, 4) is 5.75 Å². The molecule has 7 heteroatoms. The van der Waals surface area contributed by atoms with Gasteiger partial charge in [0, 0.05) is 11.5 Å². The van der Waals surface area contributed by atoms with E-state index in [4.69, 9.17) is 20.6 Å². The number of carbonyl (C=O) groups excluding carboxylic acids is 1. The molecule has 1 aromatic heterocycles. The molecule has 2 aliphatic rings. The van der Waals surface area contributed by atoms with Crippen LogP contribution in [0, 0.1) is 6.92 Å². The first-order valence-electron chi connectivity index (χ1n) is 9.49. The topological polar surface area (TPSA) is 94.5 Å². The van der Waals surface area contributed by atoms with Gasteiger partial charge in [-0.05, 0) is 38.8 Å². The predicted molar refractivity (Wildman–Crippen MR) is 103 cm³/mol. The maximum absolute atomic E-state index is 11.8. The fourth-order valence-corrected chi connectivity index (χ4v) is 3.98. The minimum Gasteiger partial charge on any atom is -0.476 e. The molecule has 0 bridgehead atoms. The number of aromatic nitrogens is 2. The van der Waals surface area contributed by atoms with Crippen LogP contribution in [0.2, 0.25) is 0 Å². The molecule has 1 saturated carbocycles. The summed E-state index contributed by atoms with van der Waals surface area (Å²) in [5, 5.41) is 8.05. The molecule has 3 N–H and O–H groups in total. The minimum absolute atomic E-state index is 0.402. The van der Waals surface area contributed by atoms with Crippen molar-refractivity contribution in [2.45, 2.75) is 57.7 Å². The first-order valence-corrected chi connectivity index (χ1v) is 9.49. The molecule has 1 aliphatic heterocycles. The first-order chi connectivity index (χ1) is 13.1. The lowest BCUT2D eigenvalue weighted by Gasteiger charge is -2.24. The van der Waals surface area contributed by atoms with Crippen LogP contribution in [0.3, 0.4) is 0 Å². The first kappa shape index (κ1) is 17.7. The number of rotatable bonds is 5. The Morgan fingerprint density at radius 2 is 2.15 bits per heavy atom. The van der Waals surface area contributed by atoms with Gasteiger partial charge in [-0.25, -0.2) is 9.66 Å². The summed E-state index contributed by atoms with van der Waals surface area (Å²) < 4.78 is 7.47. The zero-order valence-electron chi connectivity index (χ0n) is 15.7. The Morgan fingerprint density at radius 3 is 2.85 bits per heavy atom. The summed E-state index contributed by atoms with van der Waals surface area (Å²) in [5.41, 5.74) is 8.26. The van der Waals surface area contributed by atoms with Crippen molar-refractivity contribution in [1.82, 2.24) is 15.0 Å². The molecular formula is C20H25N5O2. The number of imidazole rings is 1. The van der Waals surface area contributed by atoms with Gasteiger partial charge in [-0.15, -0.1) is 5.10 Å². The van der Waals surface area contributed by atoms with E-state index in [2.05, 4.69) is 5.32 Å². The van der Waals surface area contributed by atoms with Gasteiger partial charge < -0.3 is 14.8 Å². The Bertz CT molecular complexity index is 880. The Balaban J connectivity index is 1.77. The van der Waals surface area contributed by atoms with Gasteiger partial charge in [0.25, 0.3) is 0 Å². The molecule has 1 aromatic carbocycles. The van der Waals surface area contributed by atoms with E-state index in [1.165, 1.54) is 12.8 Å². The highest BCUT2D eigenvalue weighted by atomic mass is 16.5. The molecular weight excluding hydrogens is 342 g/mol. The number of aryl methyl sites for hydroxylation is 1. The van der Waals surface area contributed by atoms with Crippen LogP contribution in [0.4, 0.5) is 0 Å². The third-order valence-corrected chi connectivity index (χ3v) is 5.17. The molecule has 7 nitrogen and oxygen atoms in total. The standard InChI is InChI=1S/C20H25N5O2/c1-12-18-17(11-26)23-19(15-8-5-9-16(10-15)27-13(2)21)24-25(18)20(22-12)14-6-3-4-7-14/h5,8-11,13-14,17H,3-4,6-7,21H2,1-2H3,(H,23,24). The molecule has 142 valence electrons. The summed E-state index contributed by atoms with van der Waals surface area (Å²) >= 11 is 0. The average Bonchev–Trinajstić information content (AvgIpc) is 3.29. The monoisotopic (exact) mass is 367 g/mol. The van der Waals surface area contributed by atoms with E-state index in [1.807, 2.05) is 35.9 Å².